The summed E-state index contributed by atoms with van der Waals surface area (Å²) < 4.78 is 27.8. The number of anilines is 1. The fraction of sp³-hybridized carbons (Fsp3) is 0.350. The summed E-state index contributed by atoms with van der Waals surface area (Å²) >= 11 is 3.38. The predicted molar refractivity (Wildman–Crippen MR) is 110 cm³/mol. The Morgan fingerprint density at radius 1 is 1.04 bits per heavy atom. The van der Waals surface area contributed by atoms with Gasteiger partial charge < -0.3 is 5.32 Å². The van der Waals surface area contributed by atoms with Crippen molar-refractivity contribution >= 4 is 37.5 Å². The van der Waals surface area contributed by atoms with Crippen molar-refractivity contribution in [3.8, 4) is 0 Å². The Morgan fingerprint density at radius 2 is 1.74 bits per heavy atom. The molecule has 3 rings (SSSR count). The Bertz CT molecular complexity index is 892. The lowest BCUT2D eigenvalue weighted by Crippen LogP contribution is -2.35. The second kappa shape index (κ2) is 8.99. The first-order valence-corrected chi connectivity index (χ1v) is 11.3. The van der Waals surface area contributed by atoms with Gasteiger partial charge in [0.1, 0.15) is 0 Å². The number of rotatable bonds is 6. The zero-order valence-corrected chi connectivity index (χ0v) is 17.4. The van der Waals surface area contributed by atoms with Crippen LogP contribution in [0.1, 0.15) is 31.2 Å². The predicted octanol–water partition coefficient (Wildman–Crippen LogP) is 4.20. The molecule has 5 nitrogen and oxygen atoms in total. The number of aryl methyl sites for hydroxylation is 1. The summed E-state index contributed by atoms with van der Waals surface area (Å²) in [6.07, 6.45) is 3.83. The Kier molecular flexibility index (Phi) is 6.68. The van der Waals surface area contributed by atoms with Crippen molar-refractivity contribution in [3.63, 3.8) is 0 Å². The lowest BCUT2D eigenvalue weighted by atomic mass is 10.1. The van der Waals surface area contributed by atoms with Gasteiger partial charge in [0.15, 0.2) is 0 Å². The number of halogens is 1. The zero-order chi connectivity index (χ0) is 19.3. The van der Waals surface area contributed by atoms with E-state index in [4.69, 9.17) is 0 Å². The SMILES string of the molecule is O=C(CCc1ccc(S(=O)(=O)N2CCCCC2)cc1)Nc1cccc(Br)c1. The van der Waals surface area contributed by atoms with Crippen molar-refractivity contribution < 1.29 is 13.2 Å². The van der Waals surface area contributed by atoms with Gasteiger partial charge in [0.2, 0.25) is 15.9 Å². The maximum Gasteiger partial charge on any atom is 0.243 e. The number of amides is 1. The Morgan fingerprint density at radius 3 is 2.41 bits per heavy atom. The number of hydrogen-bond acceptors (Lipinski definition) is 3. The highest BCUT2D eigenvalue weighted by atomic mass is 79.9. The molecule has 1 N–H and O–H groups in total. The van der Waals surface area contributed by atoms with E-state index in [9.17, 15) is 13.2 Å². The van der Waals surface area contributed by atoms with Gasteiger partial charge >= 0.3 is 0 Å². The molecule has 0 atom stereocenters. The summed E-state index contributed by atoms with van der Waals surface area (Å²) in [5.41, 5.74) is 1.69. The Hall–Kier alpha value is -1.70. The highest BCUT2D eigenvalue weighted by Gasteiger charge is 2.25. The summed E-state index contributed by atoms with van der Waals surface area (Å²) in [4.78, 5) is 12.4. The number of nitrogens with zero attached hydrogens (tertiary/aromatic N) is 1. The average Bonchev–Trinajstić information content (AvgIpc) is 2.67. The molecule has 0 saturated carbocycles. The van der Waals surface area contributed by atoms with E-state index in [1.54, 1.807) is 28.6 Å². The van der Waals surface area contributed by atoms with Crippen molar-refractivity contribution in [2.75, 3.05) is 18.4 Å². The van der Waals surface area contributed by atoms with Crippen LogP contribution in [-0.4, -0.2) is 31.7 Å². The molecule has 1 aliphatic rings. The van der Waals surface area contributed by atoms with Crippen LogP contribution in [0.25, 0.3) is 0 Å². The van der Waals surface area contributed by atoms with Gasteiger partial charge in [-0.3, -0.25) is 4.79 Å². The summed E-state index contributed by atoms with van der Waals surface area (Å²) in [5.74, 6) is -0.0712. The van der Waals surface area contributed by atoms with E-state index in [1.807, 2.05) is 24.3 Å². The van der Waals surface area contributed by atoms with Crippen molar-refractivity contribution in [1.29, 1.82) is 0 Å². The van der Waals surface area contributed by atoms with E-state index in [0.717, 1.165) is 35.0 Å². The van der Waals surface area contributed by atoms with Crippen LogP contribution in [0.4, 0.5) is 5.69 Å². The van der Waals surface area contributed by atoms with E-state index in [1.165, 1.54) is 0 Å². The van der Waals surface area contributed by atoms with Crippen LogP contribution < -0.4 is 5.32 Å². The van der Waals surface area contributed by atoms with E-state index in [0.29, 0.717) is 30.8 Å². The molecule has 0 radical (unpaired) electrons. The van der Waals surface area contributed by atoms with Gasteiger partial charge in [-0.15, -0.1) is 0 Å². The molecule has 144 valence electrons. The minimum absolute atomic E-state index is 0.0712. The lowest BCUT2D eigenvalue weighted by Gasteiger charge is -2.25. The molecule has 27 heavy (non-hydrogen) atoms. The van der Waals surface area contributed by atoms with Gasteiger partial charge in [-0.1, -0.05) is 40.5 Å². The van der Waals surface area contributed by atoms with E-state index >= 15 is 0 Å². The first-order chi connectivity index (χ1) is 12.9. The van der Waals surface area contributed by atoms with E-state index in [2.05, 4.69) is 21.2 Å². The molecule has 1 saturated heterocycles. The molecule has 1 heterocycles. The second-order valence-corrected chi connectivity index (χ2v) is 9.52. The van der Waals surface area contributed by atoms with Crippen molar-refractivity contribution in [2.24, 2.45) is 0 Å². The smallest absolute Gasteiger partial charge is 0.243 e. The standard InChI is InChI=1S/C20H23BrN2O3S/c21-17-5-4-6-18(15-17)22-20(24)12-9-16-7-10-19(11-8-16)27(25,26)23-13-2-1-3-14-23/h4-8,10-11,15H,1-3,9,12-14H2,(H,22,24). The van der Waals surface area contributed by atoms with Crippen LogP contribution in [0.15, 0.2) is 57.9 Å². The number of sulfonamides is 1. The third-order valence-electron chi connectivity index (χ3n) is 4.63. The first-order valence-electron chi connectivity index (χ1n) is 9.10. The number of nitrogens with one attached hydrogen (secondary N) is 1. The van der Waals surface area contributed by atoms with Crippen LogP contribution in [0, 0.1) is 0 Å². The average molecular weight is 451 g/mol. The normalized spacial score (nSPS) is 15.4. The maximum absolute atomic E-state index is 12.7. The Balaban J connectivity index is 1.56. The molecule has 0 unspecified atom stereocenters. The van der Waals surface area contributed by atoms with Crippen LogP contribution in [0.3, 0.4) is 0 Å². The molecule has 2 aromatic rings. The minimum atomic E-state index is -3.41. The van der Waals surface area contributed by atoms with E-state index in [-0.39, 0.29) is 5.91 Å². The minimum Gasteiger partial charge on any atom is -0.326 e. The summed E-state index contributed by atoms with van der Waals surface area (Å²) in [6, 6.07) is 14.3. The topological polar surface area (TPSA) is 66.5 Å². The van der Waals surface area contributed by atoms with Gasteiger partial charge in [-0.2, -0.15) is 4.31 Å². The summed E-state index contributed by atoms with van der Waals surface area (Å²) in [7, 11) is -3.41. The first kappa shape index (κ1) is 20.0. The van der Waals surface area contributed by atoms with Crippen molar-refractivity contribution in [1.82, 2.24) is 4.31 Å². The summed E-state index contributed by atoms with van der Waals surface area (Å²) in [6.45, 7) is 1.19. The largest absolute Gasteiger partial charge is 0.326 e. The van der Waals surface area contributed by atoms with Crippen molar-refractivity contribution in [3.05, 3.63) is 58.6 Å². The van der Waals surface area contributed by atoms with Crippen LogP contribution in [0.2, 0.25) is 0 Å². The third-order valence-corrected chi connectivity index (χ3v) is 7.03. The van der Waals surface area contributed by atoms with Crippen molar-refractivity contribution in [2.45, 2.75) is 37.0 Å². The monoisotopic (exact) mass is 450 g/mol. The molecule has 7 heteroatoms. The highest BCUT2D eigenvalue weighted by molar-refractivity contribution is 9.10. The lowest BCUT2D eigenvalue weighted by molar-refractivity contribution is -0.116. The van der Waals surface area contributed by atoms with Crippen LogP contribution in [-0.2, 0) is 21.2 Å². The van der Waals surface area contributed by atoms with Gasteiger partial charge in [0.25, 0.3) is 0 Å². The fourth-order valence-electron chi connectivity index (χ4n) is 3.13. The molecule has 0 spiro atoms. The molecule has 0 aliphatic carbocycles. The molecule has 1 aliphatic heterocycles. The zero-order valence-electron chi connectivity index (χ0n) is 15.0. The fourth-order valence-corrected chi connectivity index (χ4v) is 5.05. The number of piperidine rings is 1. The Labute approximate surface area is 169 Å². The molecule has 2 aromatic carbocycles. The molecule has 0 bridgehead atoms. The van der Waals surface area contributed by atoms with Crippen LogP contribution in [0.5, 0.6) is 0 Å². The molecule has 0 aromatic heterocycles. The number of carbonyl (C=O) groups is 1. The quantitative estimate of drug-likeness (QED) is 0.716. The molecular weight excluding hydrogens is 428 g/mol. The summed E-state index contributed by atoms with van der Waals surface area (Å²) in [5, 5.41) is 2.86. The number of carbonyl (C=O) groups excluding carboxylic acids is 1. The maximum atomic E-state index is 12.7. The number of hydrogen-bond donors (Lipinski definition) is 1. The third kappa shape index (κ3) is 5.40. The molecule has 1 fully saturated rings. The highest BCUT2D eigenvalue weighted by Crippen LogP contribution is 2.21. The molecular formula is C20H23BrN2O3S. The van der Waals surface area contributed by atoms with Gasteiger partial charge in [-0.25, -0.2) is 8.42 Å². The van der Waals surface area contributed by atoms with Crippen LogP contribution >= 0.6 is 15.9 Å². The van der Waals surface area contributed by atoms with Gasteiger partial charge in [0, 0.05) is 29.7 Å². The van der Waals surface area contributed by atoms with E-state index < -0.39 is 10.0 Å². The van der Waals surface area contributed by atoms with Gasteiger partial charge in [0.05, 0.1) is 4.90 Å². The number of benzene rings is 2. The molecule has 1 amide bonds. The van der Waals surface area contributed by atoms with Gasteiger partial charge in [-0.05, 0) is 55.2 Å². The second-order valence-electron chi connectivity index (χ2n) is 6.67.